The lowest BCUT2D eigenvalue weighted by molar-refractivity contribution is 0.0955. The quantitative estimate of drug-likeness (QED) is 0.446. The molecule has 3 heterocycles. The molecular weight excluding hydrogens is 410 g/mol. The number of benzene rings is 2. The van der Waals surface area contributed by atoms with Crippen LogP contribution in [-0.4, -0.2) is 32.0 Å². The lowest BCUT2D eigenvalue weighted by atomic mass is 10.0. The second kappa shape index (κ2) is 8.16. The van der Waals surface area contributed by atoms with Gasteiger partial charge in [0.25, 0.3) is 5.91 Å². The Labute approximate surface area is 183 Å². The topological polar surface area (TPSA) is 72.2 Å². The van der Waals surface area contributed by atoms with Crippen molar-refractivity contribution in [1.82, 2.24) is 24.9 Å². The van der Waals surface area contributed by atoms with Crippen molar-refractivity contribution in [1.29, 1.82) is 0 Å². The number of nitrogens with one attached hydrogen (secondary N) is 1. The fourth-order valence-electron chi connectivity index (χ4n) is 3.58. The molecule has 5 aromatic rings. The lowest BCUT2D eigenvalue weighted by Gasteiger charge is -2.11. The number of carbonyl (C=O) groups is 1. The van der Waals surface area contributed by atoms with E-state index in [1.807, 2.05) is 83.4 Å². The summed E-state index contributed by atoms with van der Waals surface area (Å²) in [6.07, 6.45) is 2.49. The summed E-state index contributed by atoms with van der Waals surface area (Å²) < 4.78 is 1.92. The van der Waals surface area contributed by atoms with Crippen LogP contribution >= 0.6 is 11.6 Å². The number of pyridine rings is 2. The van der Waals surface area contributed by atoms with E-state index in [0.29, 0.717) is 23.6 Å². The van der Waals surface area contributed by atoms with E-state index in [2.05, 4.69) is 15.5 Å². The van der Waals surface area contributed by atoms with Crippen LogP contribution in [0, 0.1) is 0 Å². The maximum Gasteiger partial charge on any atom is 0.252 e. The molecule has 0 aliphatic carbocycles. The number of nitrogens with zero attached hydrogens (tertiary/aromatic N) is 4. The average molecular weight is 428 g/mol. The van der Waals surface area contributed by atoms with Gasteiger partial charge >= 0.3 is 0 Å². The number of fused-ring (bicyclic) bond motifs is 2. The number of carbonyl (C=O) groups excluding carboxylic acids is 1. The zero-order chi connectivity index (χ0) is 21.2. The molecule has 0 aliphatic heterocycles. The van der Waals surface area contributed by atoms with Crippen LogP contribution in [-0.2, 0) is 6.42 Å². The Morgan fingerprint density at radius 2 is 1.77 bits per heavy atom. The largest absolute Gasteiger partial charge is 0.352 e. The highest BCUT2D eigenvalue weighted by Crippen LogP contribution is 2.26. The molecule has 1 amide bonds. The van der Waals surface area contributed by atoms with Crippen molar-refractivity contribution in [2.24, 2.45) is 0 Å². The predicted molar refractivity (Wildman–Crippen MR) is 121 cm³/mol. The molecule has 6 nitrogen and oxygen atoms in total. The Bertz CT molecular complexity index is 1390. The molecule has 1 N–H and O–H groups in total. The minimum absolute atomic E-state index is 0.150. The zero-order valence-electron chi connectivity index (χ0n) is 16.5. The molecule has 0 radical (unpaired) electrons. The Balaban J connectivity index is 1.41. The van der Waals surface area contributed by atoms with Gasteiger partial charge in [0.05, 0.1) is 16.8 Å². The summed E-state index contributed by atoms with van der Waals surface area (Å²) in [5, 5.41) is 12.8. The standard InChI is InChI=1S/C24H18ClN5O/c25-17-10-8-16(9-11-17)21-15-19(18-5-1-2-6-20(18)27-21)24(31)26-13-12-23-29-28-22-7-3-4-14-30(22)23/h1-11,14-15H,12-13H2,(H,26,31). The number of hydrogen-bond donors (Lipinski definition) is 1. The minimum Gasteiger partial charge on any atom is -0.352 e. The molecule has 0 saturated heterocycles. The summed E-state index contributed by atoms with van der Waals surface area (Å²) in [5.41, 5.74) is 3.77. The van der Waals surface area contributed by atoms with Crippen LogP contribution in [0.2, 0.25) is 5.02 Å². The van der Waals surface area contributed by atoms with Crippen molar-refractivity contribution in [3.05, 3.63) is 95.4 Å². The molecule has 0 spiro atoms. The maximum atomic E-state index is 13.1. The van der Waals surface area contributed by atoms with Gasteiger partial charge in [0.1, 0.15) is 5.82 Å². The van der Waals surface area contributed by atoms with Crippen LogP contribution in [0.3, 0.4) is 0 Å². The monoisotopic (exact) mass is 427 g/mol. The second-order valence-electron chi connectivity index (χ2n) is 7.13. The van der Waals surface area contributed by atoms with Gasteiger partial charge in [-0.15, -0.1) is 10.2 Å². The Morgan fingerprint density at radius 3 is 2.65 bits per heavy atom. The third-order valence-electron chi connectivity index (χ3n) is 5.12. The normalized spacial score (nSPS) is 11.1. The van der Waals surface area contributed by atoms with Gasteiger partial charge in [-0.25, -0.2) is 4.98 Å². The molecular formula is C24H18ClN5O. The zero-order valence-corrected chi connectivity index (χ0v) is 17.3. The molecule has 5 rings (SSSR count). The van der Waals surface area contributed by atoms with E-state index in [1.165, 1.54) is 0 Å². The third kappa shape index (κ3) is 3.85. The number of rotatable bonds is 5. The summed E-state index contributed by atoms with van der Waals surface area (Å²) in [7, 11) is 0. The van der Waals surface area contributed by atoms with E-state index in [0.717, 1.165) is 33.6 Å². The van der Waals surface area contributed by atoms with Crippen molar-refractivity contribution in [2.45, 2.75) is 6.42 Å². The molecule has 152 valence electrons. The van der Waals surface area contributed by atoms with Crippen LogP contribution in [0.25, 0.3) is 27.8 Å². The molecule has 0 bridgehead atoms. The van der Waals surface area contributed by atoms with Crippen LogP contribution < -0.4 is 5.32 Å². The molecule has 0 fully saturated rings. The van der Waals surface area contributed by atoms with Crippen LogP contribution in [0.5, 0.6) is 0 Å². The van der Waals surface area contributed by atoms with Gasteiger partial charge in [0.2, 0.25) is 0 Å². The van der Waals surface area contributed by atoms with Gasteiger partial charge in [-0.1, -0.05) is 48.0 Å². The number of aromatic nitrogens is 4. The average Bonchev–Trinajstić information content (AvgIpc) is 3.22. The summed E-state index contributed by atoms with van der Waals surface area (Å²) in [6.45, 7) is 0.446. The predicted octanol–water partition coefficient (Wildman–Crippen LogP) is 4.57. The van der Waals surface area contributed by atoms with E-state index in [-0.39, 0.29) is 5.91 Å². The third-order valence-corrected chi connectivity index (χ3v) is 5.37. The lowest BCUT2D eigenvalue weighted by Crippen LogP contribution is -2.26. The smallest absolute Gasteiger partial charge is 0.252 e. The van der Waals surface area contributed by atoms with E-state index < -0.39 is 0 Å². The molecule has 2 aromatic carbocycles. The van der Waals surface area contributed by atoms with Gasteiger partial charge in [0, 0.05) is 35.1 Å². The Hall–Kier alpha value is -3.77. The fraction of sp³-hybridized carbons (Fsp3) is 0.0833. The molecule has 0 atom stereocenters. The van der Waals surface area contributed by atoms with E-state index in [9.17, 15) is 4.79 Å². The number of para-hydroxylation sites is 1. The molecule has 0 aliphatic rings. The number of hydrogen-bond acceptors (Lipinski definition) is 4. The molecule has 3 aromatic heterocycles. The van der Waals surface area contributed by atoms with Crippen molar-refractivity contribution >= 4 is 34.1 Å². The first kappa shape index (κ1) is 19.2. The molecule has 7 heteroatoms. The van der Waals surface area contributed by atoms with Gasteiger partial charge in [-0.2, -0.15) is 0 Å². The Morgan fingerprint density at radius 1 is 0.968 bits per heavy atom. The highest BCUT2D eigenvalue weighted by atomic mass is 35.5. The first-order valence-electron chi connectivity index (χ1n) is 9.91. The SMILES string of the molecule is O=C(NCCc1nnc2ccccn12)c1cc(-c2ccc(Cl)cc2)nc2ccccc12. The highest BCUT2D eigenvalue weighted by molar-refractivity contribution is 6.30. The van der Waals surface area contributed by atoms with Gasteiger partial charge in [-0.05, 0) is 36.4 Å². The summed E-state index contributed by atoms with van der Waals surface area (Å²) in [6, 6.07) is 22.7. The van der Waals surface area contributed by atoms with E-state index in [1.54, 1.807) is 0 Å². The minimum atomic E-state index is -0.150. The summed E-state index contributed by atoms with van der Waals surface area (Å²) in [4.78, 5) is 17.8. The summed E-state index contributed by atoms with van der Waals surface area (Å²) >= 11 is 6.02. The van der Waals surface area contributed by atoms with E-state index >= 15 is 0 Å². The first-order chi connectivity index (χ1) is 15.2. The maximum absolute atomic E-state index is 13.1. The van der Waals surface area contributed by atoms with Gasteiger partial charge < -0.3 is 5.32 Å². The van der Waals surface area contributed by atoms with Crippen molar-refractivity contribution in [2.75, 3.05) is 6.54 Å². The number of amides is 1. The van der Waals surface area contributed by atoms with Gasteiger partial charge in [-0.3, -0.25) is 9.20 Å². The van der Waals surface area contributed by atoms with Gasteiger partial charge in [0.15, 0.2) is 5.65 Å². The van der Waals surface area contributed by atoms with E-state index in [4.69, 9.17) is 16.6 Å². The summed E-state index contributed by atoms with van der Waals surface area (Å²) in [5.74, 6) is 0.653. The number of halogens is 1. The fourth-order valence-corrected chi connectivity index (χ4v) is 3.70. The molecule has 0 saturated carbocycles. The van der Waals surface area contributed by atoms with Crippen LogP contribution in [0.4, 0.5) is 0 Å². The molecule has 31 heavy (non-hydrogen) atoms. The first-order valence-corrected chi connectivity index (χ1v) is 10.3. The van der Waals surface area contributed by atoms with Crippen molar-refractivity contribution < 1.29 is 4.79 Å². The highest BCUT2D eigenvalue weighted by Gasteiger charge is 2.14. The van der Waals surface area contributed by atoms with Crippen molar-refractivity contribution in [3.63, 3.8) is 0 Å². The van der Waals surface area contributed by atoms with Crippen LogP contribution in [0.15, 0.2) is 79.0 Å². The van der Waals surface area contributed by atoms with Crippen molar-refractivity contribution in [3.8, 4) is 11.3 Å². The Kier molecular flexibility index (Phi) is 5.06. The molecule has 0 unspecified atom stereocenters. The second-order valence-corrected chi connectivity index (χ2v) is 7.57. The van der Waals surface area contributed by atoms with Crippen LogP contribution in [0.1, 0.15) is 16.2 Å².